The Morgan fingerprint density at radius 2 is 2.11 bits per heavy atom. The van der Waals surface area contributed by atoms with E-state index in [1.165, 1.54) is 0 Å². The van der Waals surface area contributed by atoms with Gasteiger partial charge >= 0.3 is 0 Å². The summed E-state index contributed by atoms with van der Waals surface area (Å²) in [5.74, 6) is 2.43. The van der Waals surface area contributed by atoms with Crippen LogP contribution in [0.2, 0.25) is 0 Å². The Morgan fingerprint density at radius 1 is 1.33 bits per heavy atom. The number of aryl methyl sites for hydroxylation is 1. The smallest absolute Gasteiger partial charge is 0.161 e. The molecule has 1 aromatic carbocycles. The lowest BCUT2D eigenvalue weighted by atomic mass is 10.1. The van der Waals surface area contributed by atoms with Gasteiger partial charge in [0.1, 0.15) is 11.6 Å². The topological polar surface area (TPSA) is 47.0 Å². The maximum atomic E-state index is 5.25. The summed E-state index contributed by atoms with van der Waals surface area (Å²) >= 11 is 2.21. The zero-order valence-electron chi connectivity index (χ0n) is 10.5. The van der Waals surface area contributed by atoms with Crippen molar-refractivity contribution < 1.29 is 4.74 Å². The molecule has 0 bridgehead atoms. The molecule has 0 fully saturated rings. The van der Waals surface area contributed by atoms with Crippen LogP contribution in [0.15, 0.2) is 24.4 Å². The van der Waals surface area contributed by atoms with Gasteiger partial charge in [0.05, 0.1) is 10.7 Å². The summed E-state index contributed by atoms with van der Waals surface area (Å²) in [6.45, 7) is 2.01. The molecule has 18 heavy (non-hydrogen) atoms. The number of ether oxygens (including phenoxy) is 1. The van der Waals surface area contributed by atoms with Gasteiger partial charge in [0, 0.05) is 18.8 Å². The van der Waals surface area contributed by atoms with E-state index < -0.39 is 0 Å². The number of hydrogen-bond donors (Lipinski definition) is 1. The maximum Gasteiger partial charge on any atom is 0.161 e. The largest absolute Gasteiger partial charge is 0.496 e. The molecule has 0 saturated carbocycles. The number of hydrogen-bond acceptors (Lipinski definition) is 4. The highest BCUT2D eigenvalue weighted by Gasteiger charge is 2.07. The van der Waals surface area contributed by atoms with E-state index in [-0.39, 0.29) is 0 Å². The molecule has 4 nitrogen and oxygen atoms in total. The molecule has 0 saturated heterocycles. The van der Waals surface area contributed by atoms with Gasteiger partial charge in [-0.25, -0.2) is 9.97 Å². The van der Waals surface area contributed by atoms with Crippen molar-refractivity contribution in [2.45, 2.75) is 6.92 Å². The van der Waals surface area contributed by atoms with Crippen molar-refractivity contribution >= 4 is 28.4 Å². The first kappa shape index (κ1) is 13.1. The van der Waals surface area contributed by atoms with Crippen molar-refractivity contribution in [3.05, 3.63) is 33.5 Å². The Bertz CT molecular complexity index is 572. The highest BCUT2D eigenvalue weighted by atomic mass is 127. The van der Waals surface area contributed by atoms with Gasteiger partial charge in [0.2, 0.25) is 0 Å². The minimum Gasteiger partial charge on any atom is -0.496 e. The van der Waals surface area contributed by atoms with Crippen molar-refractivity contribution in [2.75, 3.05) is 19.5 Å². The maximum absolute atomic E-state index is 5.25. The van der Waals surface area contributed by atoms with Crippen LogP contribution in [-0.2, 0) is 0 Å². The molecule has 1 aromatic heterocycles. The average Bonchev–Trinajstić information content (AvgIpc) is 2.39. The highest BCUT2D eigenvalue weighted by molar-refractivity contribution is 14.1. The van der Waals surface area contributed by atoms with Crippen LogP contribution >= 0.6 is 22.6 Å². The number of nitrogens with one attached hydrogen (secondary N) is 1. The number of halogens is 1. The molecule has 0 aliphatic heterocycles. The molecular formula is C13H14IN3O. The Balaban J connectivity index is 2.45. The molecule has 2 aromatic rings. The summed E-state index contributed by atoms with van der Waals surface area (Å²) in [5.41, 5.74) is 2.06. The fourth-order valence-corrected chi connectivity index (χ4v) is 2.23. The Hall–Kier alpha value is -1.37. The number of nitrogens with zero attached hydrogens (tertiary/aromatic N) is 2. The van der Waals surface area contributed by atoms with Crippen LogP contribution in [0.3, 0.4) is 0 Å². The van der Waals surface area contributed by atoms with E-state index in [1.807, 2.05) is 38.4 Å². The standard InChI is InChI=1S/C13H14IN3O/c1-8-6-9(4-5-11(8)18-3)12-16-7-10(14)13(15-2)17-12/h4-7H,1-3H3,(H,15,16,17). The lowest BCUT2D eigenvalue weighted by Crippen LogP contribution is -1.99. The van der Waals surface area contributed by atoms with Gasteiger partial charge < -0.3 is 10.1 Å². The van der Waals surface area contributed by atoms with Gasteiger partial charge in [0.25, 0.3) is 0 Å². The van der Waals surface area contributed by atoms with Gasteiger partial charge in [0.15, 0.2) is 5.82 Å². The predicted octanol–water partition coefficient (Wildman–Crippen LogP) is 3.11. The fourth-order valence-electron chi connectivity index (χ4n) is 1.70. The number of benzene rings is 1. The van der Waals surface area contributed by atoms with Crippen LogP contribution in [0, 0.1) is 10.5 Å². The SMILES string of the molecule is CNc1nc(-c2ccc(OC)c(C)c2)ncc1I. The summed E-state index contributed by atoms with van der Waals surface area (Å²) < 4.78 is 6.25. The molecule has 0 unspecified atom stereocenters. The molecule has 1 heterocycles. The number of anilines is 1. The highest BCUT2D eigenvalue weighted by Crippen LogP contribution is 2.25. The molecule has 0 spiro atoms. The third-order valence-corrected chi connectivity index (χ3v) is 3.42. The fraction of sp³-hybridized carbons (Fsp3) is 0.231. The average molecular weight is 355 g/mol. The van der Waals surface area contributed by atoms with Crippen molar-refractivity contribution in [3.8, 4) is 17.1 Å². The van der Waals surface area contributed by atoms with Gasteiger partial charge in [-0.15, -0.1) is 0 Å². The normalized spacial score (nSPS) is 10.2. The molecule has 94 valence electrons. The molecule has 0 atom stereocenters. The third kappa shape index (κ3) is 2.55. The molecule has 2 rings (SSSR count). The van der Waals surface area contributed by atoms with Gasteiger partial charge in [-0.2, -0.15) is 0 Å². The predicted molar refractivity (Wildman–Crippen MR) is 81.0 cm³/mol. The van der Waals surface area contributed by atoms with Crippen LogP contribution < -0.4 is 10.1 Å². The zero-order chi connectivity index (χ0) is 13.1. The molecule has 0 aliphatic carbocycles. The van der Waals surface area contributed by atoms with Crippen LogP contribution in [0.4, 0.5) is 5.82 Å². The lowest BCUT2D eigenvalue weighted by molar-refractivity contribution is 0.412. The van der Waals surface area contributed by atoms with Crippen LogP contribution in [0.5, 0.6) is 5.75 Å². The minimum atomic E-state index is 0.713. The second kappa shape index (κ2) is 5.51. The van der Waals surface area contributed by atoms with Gasteiger partial charge in [-0.1, -0.05) is 0 Å². The van der Waals surface area contributed by atoms with E-state index >= 15 is 0 Å². The van der Waals surface area contributed by atoms with Gasteiger partial charge in [-0.3, -0.25) is 0 Å². The summed E-state index contributed by atoms with van der Waals surface area (Å²) in [6, 6.07) is 5.93. The summed E-state index contributed by atoms with van der Waals surface area (Å²) in [7, 11) is 3.52. The Morgan fingerprint density at radius 3 is 2.72 bits per heavy atom. The molecular weight excluding hydrogens is 341 g/mol. The summed E-state index contributed by atoms with van der Waals surface area (Å²) in [5, 5.41) is 3.06. The second-order valence-corrected chi connectivity index (χ2v) is 4.99. The van der Waals surface area contributed by atoms with Crippen molar-refractivity contribution in [1.82, 2.24) is 9.97 Å². The monoisotopic (exact) mass is 355 g/mol. The quantitative estimate of drug-likeness (QED) is 0.860. The van der Waals surface area contributed by atoms with Crippen LogP contribution in [0.25, 0.3) is 11.4 Å². The third-order valence-electron chi connectivity index (χ3n) is 2.63. The van der Waals surface area contributed by atoms with E-state index in [0.717, 1.165) is 26.3 Å². The van der Waals surface area contributed by atoms with Crippen molar-refractivity contribution in [2.24, 2.45) is 0 Å². The molecule has 0 radical (unpaired) electrons. The number of rotatable bonds is 3. The van der Waals surface area contributed by atoms with Crippen LogP contribution in [-0.4, -0.2) is 24.1 Å². The molecule has 5 heteroatoms. The van der Waals surface area contributed by atoms with E-state index in [0.29, 0.717) is 5.82 Å². The first-order chi connectivity index (χ1) is 8.65. The minimum absolute atomic E-state index is 0.713. The Labute approximate surface area is 120 Å². The van der Waals surface area contributed by atoms with Crippen molar-refractivity contribution in [1.29, 1.82) is 0 Å². The molecule has 0 amide bonds. The van der Waals surface area contributed by atoms with Crippen LogP contribution in [0.1, 0.15) is 5.56 Å². The number of methoxy groups -OCH3 is 1. The van der Waals surface area contributed by atoms with E-state index in [2.05, 4.69) is 37.9 Å². The van der Waals surface area contributed by atoms with Crippen molar-refractivity contribution in [3.63, 3.8) is 0 Å². The molecule has 0 aliphatic rings. The summed E-state index contributed by atoms with van der Waals surface area (Å²) in [6.07, 6.45) is 1.81. The Kier molecular flexibility index (Phi) is 4.00. The van der Waals surface area contributed by atoms with Gasteiger partial charge in [-0.05, 0) is 53.3 Å². The second-order valence-electron chi connectivity index (χ2n) is 3.82. The van der Waals surface area contributed by atoms with E-state index in [1.54, 1.807) is 7.11 Å². The number of aromatic nitrogens is 2. The van der Waals surface area contributed by atoms with E-state index in [4.69, 9.17) is 4.74 Å². The molecule has 1 N–H and O–H groups in total. The first-order valence-electron chi connectivity index (χ1n) is 5.51. The lowest BCUT2D eigenvalue weighted by Gasteiger charge is -2.08. The summed E-state index contributed by atoms with van der Waals surface area (Å²) in [4.78, 5) is 8.84. The van der Waals surface area contributed by atoms with E-state index in [9.17, 15) is 0 Å². The first-order valence-corrected chi connectivity index (χ1v) is 6.59. The zero-order valence-corrected chi connectivity index (χ0v) is 12.6.